The van der Waals surface area contributed by atoms with Crippen molar-refractivity contribution >= 4 is 63.5 Å². The first kappa shape index (κ1) is 50.0. The number of amidine groups is 2. The third-order valence-corrected chi connectivity index (χ3v) is 11.1. The van der Waals surface area contributed by atoms with Crippen molar-refractivity contribution < 1.29 is 60.3 Å². The zero-order valence-electron chi connectivity index (χ0n) is 37.5. The maximum atomic E-state index is 12.6. The first-order chi connectivity index (χ1) is 32.5. The average Bonchev–Trinajstić information content (AvgIpc) is 3.89. The monoisotopic (exact) mass is 956 g/mol. The van der Waals surface area contributed by atoms with Crippen LogP contribution in [0, 0.1) is 10.8 Å². The van der Waals surface area contributed by atoms with Gasteiger partial charge in [-0.1, -0.05) is 36.4 Å². The number of piperazine rings is 1. The van der Waals surface area contributed by atoms with Crippen molar-refractivity contribution in [3.63, 3.8) is 0 Å². The van der Waals surface area contributed by atoms with Gasteiger partial charge < -0.3 is 23.7 Å². The van der Waals surface area contributed by atoms with Crippen LogP contribution < -0.4 is 29.9 Å². The SMILES string of the molecule is CCOC(=O)C(C)N1CCN(CC2CN(c3ccc(C(=N)NC(=O)Oc4ccccc4)cc3)C(=O)O2)CC1.CS(=O)(=O)OCC1CN(c2ccc(C(=N)NC(=O)Oc3ccccc3)cc2)C(=O)O1. The van der Waals surface area contributed by atoms with E-state index >= 15 is 0 Å². The second-order valence-electron chi connectivity index (χ2n) is 15.5. The van der Waals surface area contributed by atoms with Crippen LogP contribution in [0.15, 0.2) is 109 Å². The number of rotatable bonds is 14. The van der Waals surface area contributed by atoms with Crippen molar-refractivity contribution in [2.75, 3.05) is 75.1 Å². The van der Waals surface area contributed by atoms with Gasteiger partial charge in [0.1, 0.15) is 48.0 Å². The summed E-state index contributed by atoms with van der Waals surface area (Å²) in [6.07, 6.45) is -2.69. The van der Waals surface area contributed by atoms with Crippen LogP contribution >= 0.6 is 0 Å². The predicted molar refractivity (Wildman–Crippen MR) is 248 cm³/mol. The summed E-state index contributed by atoms with van der Waals surface area (Å²) in [4.78, 5) is 67.8. The number of benzene rings is 4. The number of hydrogen-bond donors (Lipinski definition) is 4. The Hall–Kier alpha value is -7.40. The van der Waals surface area contributed by atoms with E-state index in [1.807, 2.05) is 13.0 Å². The van der Waals surface area contributed by atoms with Crippen molar-refractivity contribution in [2.24, 2.45) is 0 Å². The quantitative estimate of drug-likeness (QED) is 0.0435. The first-order valence-electron chi connectivity index (χ1n) is 21.4. The number of para-hydroxylation sites is 2. The van der Waals surface area contributed by atoms with E-state index in [1.54, 1.807) is 115 Å². The number of esters is 1. The van der Waals surface area contributed by atoms with Crippen LogP contribution in [0.4, 0.5) is 30.6 Å². The van der Waals surface area contributed by atoms with Crippen molar-refractivity contribution in [3.05, 3.63) is 120 Å². The van der Waals surface area contributed by atoms with Gasteiger partial charge >= 0.3 is 30.3 Å². The molecule has 3 fully saturated rings. The van der Waals surface area contributed by atoms with E-state index in [2.05, 4.69) is 24.6 Å². The lowest BCUT2D eigenvalue weighted by Crippen LogP contribution is -2.53. The highest BCUT2D eigenvalue weighted by Crippen LogP contribution is 2.25. The van der Waals surface area contributed by atoms with Crippen molar-refractivity contribution in [1.29, 1.82) is 10.8 Å². The molecule has 0 aliphatic carbocycles. The van der Waals surface area contributed by atoms with Gasteiger partial charge in [-0.25, -0.2) is 19.2 Å². The molecule has 4 amide bonds. The summed E-state index contributed by atoms with van der Waals surface area (Å²) in [5.74, 6) is 0.232. The molecule has 0 bridgehead atoms. The summed E-state index contributed by atoms with van der Waals surface area (Å²) in [5, 5.41) is 20.9. The Kier molecular flexibility index (Phi) is 17.2. The number of carbonyl (C=O) groups is 5. The molecule has 3 aliphatic heterocycles. The summed E-state index contributed by atoms with van der Waals surface area (Å²) in [6.45, 7) is 7.94. The van der Waals surface area contributed by atoms with E-state index in [1.165, 1.54) is 4.90 Å². The summed E-state index contributed by atoms with van der Waals surface area (Å²) >= 11 is 0. The molecule has 3 saturated heterocycles. The van der Waals surface area contributed by atoms with Crippen molar-refractivity contribution in [3.8, 4) is 11.5 Å². The molecule has 4 N–H and O–H groups in total. The lowest BCUT2D eigenvalue weighted by atomic mass is 10.1. The molecule has 360 valence electrons. The van der Waals surface area contributed by atoms with Crippen LogP contribution in [0.1, 0.15) is 25.0 Å². The predicted octanol–water partition coefficient (Wildman–Crippen LogP) is 4.80. The first-order valence-corrected chi connectivity index (χ1v) is 23.3. The third kappa shape index (κ3) is 14.5. The summed E-state index contributed by atoms with van der Waals surface area (Å²) < 4.78 is 52.8. The molecule has 4 aromatic carbocycles. The van der Waals surface area contributed by atoms with Gasteiger partial charge in [0.2, 0.25) is 0 Å². The molecule has 21 nitrogen and oxygen atoms in total. The van der Waals surface area contributed by atoms with Gasteiger partial charge in [-0.05, 0) is 86.6 Å². The Morgan fingerprint density at radius 1 is 0.691 bits per heavy atom. The Morgan fingerprint density at radius 2 is 1.13 bits per heavy atom. The highest BCUT2D eigenvalue weighted by Gasteiger charge is 2.36. The van der Waals surface area contributed by atoms with Crippen LogP contribution in [0.3, 0.4) is 0 Å². The van der Waals surface area contributed by atoms with Crippen LogP contribution in [-0.2, 0) is 33.3 Å². The van der Waals surface area contributed by atoms with E-state index in [-0.39, 0.29) is 42.9 Å². The topological polar surface area (TPSA) is 260 Å². The van der Waals surface area contributed by atoms with Crippen LogP contribution in [0.2, 0.25) is 0 Å². The Bertz CT molecular complexity index is 2530. The fourth-order valence-corrected chi connectivity index (χ4v) is 7.48. The smallest absolute Gasteiger partial charge is 0.418 e. The highest BCUT2D eigenvalue weighted by atomic mass is 32.2. The van der Waals surface area contributed by atoms with Crippen molar-refractivity contribution in [2.45, 2.75) is 32.1 Å². The van der Waals surface area contributed by atoms with Crippen LogP contribution in [0.5, 0.6) is 11.5 Å². The molecule has 3 aliphatic rings. The standard InChI is InChI=1S/C27H33N5O6.C19H19N3O7S/c1-3-36-25(33)19(2)31-15-13-30(14-16-31)17-23-18-32(27(35)38-23)21-11-9-20(10-12-21)24(28)29-26(34)37-22-7-5-4-6-8-22;1-30(25,26)27-12-16-11-22(19(24)29-16)14-9-7-13(8-10-14)17(20)21-18(23)28-15-5-3-2-4-6-15/h4-12,19,23H,3,13-18H2,1-2H3,(H2,28,29,34);2-10,16H,11-12H2,1H3,(H2,20,21,23). The summed E-state index contributed by atoms with van der Waals surface area (Å²) in [7, 11) is -3.63. The third-order valence-electron chi connectivity index (χ3n) is 10.6. The second kappa shape index (κ2) is 23.4. The zero-order valence-corrected chi connectivity index (χ0v) is 38.3. The molecule has 3 heterocycles. The largest absolute Gasteiger partial charge is 0.465 e. The van der Waals surface area contributed by atoms with Crippen LogP contribution in [-0.4, -0.2) is 144 Å². The number of anilines is 2. The maximum absolute atomic E-state index is 12.6. The van der Waals surface area contributed by atoms with Gasteiger partial charge in [0, 0.05) is 55.2 Å². The molecule has 4 aromatic rings. The molecule has 3 unspecified atom stereocenters. The minimum atomic E-state index is -3.63. The molecule has 0 radical (unpaired) electrons. The van der Waals surface area contributed by atoms with Gasteiger partial charge in [0.15, 0.2) is 0 Å². The minimum Gasteiger partial charge on any atom is -0.465 e. The van der Waals surface area contributed by atoms with Gasteiger partial charge in [-0.3, -0.25) is 50.0 Å². The number of amides is 4. The maximum Gasteiger partial charge on any atom is 0.418 e. The van der Waals surface area contributed by atoms with E-state index in [4.69, 9.17) is 34.5 Å². The number of nitrogens with one attached hydrogen (secondary N) is 4. The summed E-state index contributed by atoms with van der Waals surface area (Å²) in [5.41, 5.74) is 2.00. The van der Waals surface area contributed by atoms with E-state index in [9.17, 15) is 32.4 Å². The number of carbonyl (C=O) groups excluding carboxylic acids is 5. The number of cyclic esters (lactones) is 2. The van der Waals surface area contributed by atoms with Crippen molar-refractivity contribution in [1.82, 2.24) is 20.4 Å². The Morgan fingerprint density at radius 3 is 1.57 bits per heavy atom. The number of ether oxygens (including phenoxy) is 5. The Balaban J connectivity index is 0.000000230. The molecule has 3 atom stereocenters. The molecule has 7 rings (SSSR count). The fraction of sp³-hybridized carbons (Fsp3) is 0.326. The molecule has 0 saturated carbocycles. The zero-order chi connectivity index (χ0) is 48.8. The van der Waals surface area contributed by atoms with Gasteiger partial charge in [0.25, 0.3) is 10.1 Å². The number of nitrogens with zero attached hydrogens (tertiary/aromatic N) is 4. The molecular formula is C46H52N8O13S. The number of hydrogen-bond acceptors (Lipinski definition) is 17. The lowest BCUT2D eigenvalue weighted by Gasteiger charge is -2.37. The molecule has 0 spiro atoms. The molecule has 0 aromatic heterocycles. The highest BCUT2D eigenvalue weighted by molar-refractivity contribution is 7.86. The van der Waals surface area contributed by atoms with Gasteiger partial charge in [-0.2, -0.15) is 8.42 Å². The van der Waals surface area contributed by atoms with E-state index < -0.39 is 40.6 Å². The van der Waals surface area contributed by atoms with Gasteiger partial charge in [0.05, 0.1) is 26.0 Å². The average molecular weight is 957 g/mol. The Labute approximate surface area is 392 Å². The van der Waals surface area contributed by atoms with E-state index in [0.717, 1.165) is 32.4 Å². The minimum absolute atomic E-state index is 0.115. The molecular weight excluding hydrogens is 905 g/mol. The normalized spacial score (nSPS) is 17.7. The molecule has 22 heteroatoms. The summed E-state index contributed by atoms with van der Waals surface area (Å²) in [6, 6.07) is 29.8. The molecule has 68 heavy (non-hydrogen) atoms. The fourth-order valence-electron chi connectivity index (χ4n) is 7.09. The van der Waals surface area contributed by atoms with E-state index in [0.29, 0.717) is 53.7 Å². The van der Waals surface area contributed by atoms with Gasteiger partial charge in [-0.15, -0.1) is 0 Å². The lowest BCUT2D eigenvalue weighted by molar-refractivity contribution is -0.149. The van der Waals surface area contributed by atoms with Crippen LogP contribution in [0.25, 0.3) is 0 Å². The second-order valence-corrected chi connectivity index (χ2v) is 17.1.